The largest absolute Gasteiger partial charge is 0.396 e. The first-order valence-corrected chi connectivity index (χ1v) is 7.54. The summed E-state index contributed by atoms with van der Waals surface area (Å²) >= 11 is 0. The van der Waals surface area contributed by atoms with E-state index in [-0.39, 0.29) is 0 Å². The third-order valence-electron chi connectivity index (χ3n) is 3.83. The molecule has 1 heterocycles. The van der Waals surface area contributed by atoms with E-state index < -0.39 is 0 Å². The molecule has 1 aromatic rings. The molecule has 19 heavy (non-hydrogen) atoms. The van der Waals surface area contributed by atoms with Crippen LogP contribution in [0.4, 0.5) is 0 Å². The van der Waals surface area contributed by atoms with Gasteiger partial charge in [0.2, 0.25) is 0 Å². The summed E-state index contributed by atoms with van der Waals surface area (Å²) in [5.41, 5.74) is 2.89. The zero-order chi connectivity index (χ0) is 13.3. The van der Waals surface area contributed by atoms with Gasteiger partial charge in [-0.25, -0.2) is 0 Å². The van der Waals surface area contributed by atoms with Crippen LogP contribution in [0.5, 0.6) is 0 Å². The minimum absolute atomic E-state index is 0.328. The number of aliphatic hydroxyl groups is 1. The van der Waals surface area contributed by atoms with Gasteiger partial charge in [-0.3, -0.25) is 0 Å². The van der Waals surface area contributed by atoms with Crippen LogP contribution in [0.3, 0.4) is 0 Å². The number of nitrogens with one attached hydrogen (secondary N) is 2. The van der Waals surface area contributed by atoms with Crippen LogP contribution in [0.15, 0.2) is 24.3 Å². The van der Waals surface area contributed by atoms with Crippen LogP contribution in [0, 0.1) is 0 Å². The molecule has 3 N–H and O–H groups in total. The number of hydrogen-bond acceptors (Lipinski definition) is 3. The van der Waals surface area contributed by atoms with E-state index in [0.717, 1.165) is 38.9 Å². The molecule has 0 aromatic heterocycles. The lowest BCUT2D eigenvalue weighted by molar-refractivity contribution is 0.282. The van der Waals surface area contributed by atoms with E-state index >= 15 is 0 Å². The topological polar surface area (TPSA) is 44.3 Å². The lowest BCUT2D eigenvalue weighted by Crippen LogP contribution is -2.24. The van der Waals surface area contributed by atoms with E-state index in [9.17, 15) is 0 Å². The fourth-order valence-electron chi connectivity index (χ4n) is 2.74. The van der Waals surface area contributed by atoms with Crippen molar-refractivity contribution in [2.75, 3.05) is 19.7 Å². The molecule has 0 spiro atoms. The molecule has 1 aromatic carbocycles. The first-order chi connectivity index (χ1) is 9.42. The first-order valence-electron chi connectivity index (χ1n) is 7.54. The molecule has 0 radical (unpaired) electrons. The van der Waals surface area contributed by atoms with E-state index in [0.29, 0.717) is 12.6 Å². The van der Waals surface area contributed by atoms with Crippen molar-refractivity contribution in [1.82, 2.24) is 10.6 Å². The van der Waals surface area contributed by atoms with Gasteiger partial charge in [0.05, 0.1) is 0 Å². The number of fused-ring (bicyclic) bond motifs is 1. The summed E-state index contributed by atoms with van der Waals surface area (Å²) in [4.78, 5) is 0. The molecule has 1 aliphatic heterocycles. The molecule has 0 fully saturated rings. The summed E-state index contributed by atoms with van der Waals surface area (Å²) in [6, 6.07) is 9.23. The smallest absolute Gasteiger partial charge is 0.0431 e. The quantitative estimate of drug-likeness (QED) is 0.661. The van der Waals surface area contributed by atoms with Crippen LogP contribution in [-0.2, 0) is 6.54 Å². The summed E-state index contributed by atoms with van der Waals surface area (Å²) in [5, 5.41) is 15.9. The van der Waals surface area contributed by atoms with Crippen molar-refractivity contribution in [1.29, 1.82) is 0 Å². The van der Waals surface area contributed by atoms with Gasteiger partial charge in [0.1, 0.15) is 0 Å². The molecule has 2 rings (SSSR count). The second-order valence-corrected chi connectivity index (χ2v) is 5.31. The minimum atomic E-state index is 0.328. The Morgan fingerprint density at radius 1 is 1.16 bits per heavy atom. The van der Waals surface area contributed by atoms with E-state index in [1.54, 1.807) is 0 Å². The molecule has 106 valence electrons. The van der Waals surface area contributed by atoms with Crippen molar-refractivity contribution in [2.45, 2.75) is 44.7 Å². The monoisotopic (exact) mass is 262 g/mol. The lowest BCUT2D eigenvalue weighted by Gasteiger charge is -2.19. The SMILES string of the molecule is OCCCCCCNC1CCNCc2ccccc21. The summed E-state index contributed by atoms with van der Waals surface area (Å²) < 4.78 is 0. The number of benzene rings is 1. The molecule has 0 amide bonds. The number of unbranched alkanes of at least 4 members (excludes halogenated alkanes) is 3. The van der Waals surface area contributed by atoms with Crippen molar-refractivity contribution in [3.05, 3.63) is 35.4 Å². The summed E-state index contributed by atoms with van der Waals surface area (Å²) in [6.45, 7) is 3.47. The molecule has 0 saturated carbocycles. The molecule has 1 atom stereocenters. The fourth-order valence-corrected chi connectivity index (χ4v) is 2.74. The highest BCUT2D eigenvalue weighted by Gasteiger charge is 2.16. The van der Waals surface area contributed by atoms with Gasteiger partial charge >= 0.3 is 0 Å². The van der Waals surface area contributed by atoms with Crippen molar-refractivity contribution >= 4 is 0 Å². The molecule has 1 unspecified atom stereocenters. The highest BCUT2D eigenvalue weighted by atomic mass is 16.2. The molecular weight excluding hydrogens is 236 g/mol. The first kappa shape index (κ1) is 14.5. The van der Waals surface area contributed by atoms with Gasteiger partial charge in [0.15, 0.2) is 0 Å². The Balaban J connectivity index is 1.79. The summed E-state index contributed by atoms with van der Waals surface area (Å²) in [5.74, 6) is 0. The van der Waals surface area contributed by atoms with Gasteiger partial charge in [0, 0.05) is 19.2 Å². The van der Waals surface area contributed by atoms with Gasteiger partial charge in [-0.2, -0.15) is 0 Å². The van der Waals surface area contributed by atoms with Crippen LogP contribution in [0.25, 0.3) is 0 Å². The summed E-state index contributed by atoms with van der Waals surface area (Å²) in [6.07, 6.45) is 5.65. The Morgan fingerprint density at radius 2 is 2.00 bits per heavy atom. The van der Waals surface area contributed by atoms with Gasteiger partial charge in [-0.1, -0.05) is 37.1 Å². The van der Waals surface area contributed by atoms with Crippen LogP contribution in [0.2, 0.25) is 0 Å². The van der Waals surface area contributed by atoms with Crippen molar-refractivity contribution < 1.29 is 5.11 Å². The third-order valence-corrected chi connectivity index (χ3v) is 3.83. The van der Waals surface area contributed by atoms with Gasteiger partial charge in [0.25, 0.3) is 0 Å². The zero-order valence-corrected chi connectivity index (χ0v) is 11.7. The average Bonchev–Trinajstić information content (AvgIpc) is 2.65. The van der Waals surface area contributed by atoms with E-state index in [2.05, 4.69) is 34.9 Å². The number of rotatable bonds is 7. The predicted molar refractivity (Wildman–Crippen MR) is 79.1 cm³/mol. The second-order valence-electron chi connectivity index (χ2n) is 5.31. The normalized spacial score (nSPS) is 18.9. The maximum absolute atomic E-state index is 8.74. The fraction of sp³-hybridized carbons (Fsp3) is 0.625. The Labute approximate surface area is 116 Å². The van der Waals surface area contributed by atoms with Crippen LogP contribution in [0.1, 0.15) is 49.3 Å². The standard InChI is InChI=1S/C16H26N2O/c19-12-6-2-1-5-10-18-16-9-11-17-13-14-7-3-4-8-15(14)16/h3-4,7-8,16-19H,1-2,5-6,9-13H2. The minimum Gasteiger partial charge on any atom is -0.396 e. The molecular formula is C16H26N2O. The van der Waals surface area contributed by atoms with E-state index in [4.69, 9.17) is 5.11 Å². The Bertz CT molecular complexity index is 368. The van der Waals surface area contributed by atoms with Gasteiger partial charge < -0.3 is 15.7 Å². The maximum atomic E-state index is 8.74. The highest BCUT2D eigenvalue weighted by molar-refractivity contribution is 5.30. The van der Waals surface area contributed by atoms with Crippen LogP contribution >= 0.6 is 0 Å². The highest BCUT2D eigenvalue weighted by Crippen LogP contribution is 2.23. The summed E-state index contributed by atoms with van der Waals surface area (Å²) in [7, 11) is 0. The molecule has 0 bridgehead atoms. The van der Waals surface area contributed by atoms with E-state index in [1.165, 1.54) is 24.0 Å². The number of hydrogen-bond donors (Lipinski definition) is 3. The zero-order valence-electron chi connectivity index (χ0n) is 11.7. The average molecular weight is 262 g/mol. The van der Waals surface area contributed by atoms with Crippen LogP contribution < -0.4 is 10.6 Å². The molecule has 3 nitrogen and oxygen atoms in total. The Morgan fingerprint density at radius 3 is 2.89 bits per heavy atom. The van der Waals surface area contributed by atoms with Gasteiger partial charge in [-0.05, 0) is 43.5 Å². The lowest BCUT2D eigenvalue weighted by atomic mass is 9.99. The van der Waals surface area contributed by atoms with Crippen LogP contribution in [-0.4, -0.2) is 24.8 Å². The number of aliphatic hydroxyl groups excluding tert-OH is 1. The molecule has 3 heteroatoms. The van der Waals surface area contributed by atoms with Gasteiger partial charge in [-0.15, -0.1) is 0 Å². The molecule has 0 aliphatic carbocycles. The Kier molecular flexibility index (Phi) is 6.34. The van der Waals surface area contributed by atoms with E-state index in [1.807, 2.05) is 0 Å². The second kappa shape index (κ2) is 8.31. The third kappa shape index (κ3) is 4.60. The van der Waals surface area contributed by atoms with Crippen molar-refractivity contribution in [3.63, 3.8) is 0 Å². The molecule has 0 saturated heterocycles. The molecule has 1 aliphatic rings. The predicted octanol–water partition coefficient (Wildman–Crippen LogP) is 2.36. The Hall–Kier alpha value is -0.900. The van der Waals surface area contributed by atoms with Crippen molar-refractivity contribution in [3.8, 4) is 0 Å². The maximum Gasteiger partial charge on any atom is 0.0431 e. The van der Waals surface area contributed by atoms with Crippen molar-refractivity contribution in [2.24, 2.45) is 0 Å².